The normalized spacial score (nSPS) is 39.9. The van der Waals surface area contributed by atoms with E-state index in [2.05, 4.69) is 0 Å². The maximum atomic E-state index is 12.1. The van der Waals surface area contributed by atoms with Gasteiger partial charge < -0.3 is 5.73 Å². The van der Waals surface area contributed by atoms with Crippen LogP contribution in [0.2, 0.25) is 0 Å². The Morgan fingerprint density at radius 1 is 1.60 bits per heavy atom. The van der Waals surface area contributed by atoms with E-state index in [-0.39, 0.29) is 0 Å². The Hall–Kier alpha value is -0.180. The first-order valence-electron chi connectivity index (χ1n) is 3.57. The van der Waals surface area contributed by atoms with Gasteiger partial charge in [0.15, 0.2) is 0 Å². The third-order valence-electron chi connectivity index (χ3n) is 2.37. The van der Waals surface area contributed by atoms with E-state index in [0.29, 0.717) is 25.3 Å². The van der Waals surface area contributed by atoms with Crippen molar-refractivity contribution < 1.29 is 8.78 Å². The van der Waals surface area contributed by atoms with Crippen LogP contribution in [0.1, 0.15) is 19.8 Å². The maximum absolute atomic E-state index is 12.1. The van der Waals surface area contributed by atoms with Crippen LogP contribution in [0.25, 0.3) is 0 Å². The second-order valence-electron chi connectivity index (χ2n) is 3.46. The van der Waals surface area contributed by atoms with E-state index in [0.717, 1.165) is 0 Å². The van der Waals surface area contributed by atoms with Crippen LogP contribution in [0, 0.1) is 11.3 Å². The zero-order valence-electron chi connectivity index (χ0n) is 6.11. The molecule has 0 aliphatic heterocycles. The van der Waals surface area contributed by atoms with Gasteiger partial charge in [0, 0.05) is 5.41 Å². The van der Waals surface area contributed by atoms with Crippen molar-refractivity contribution in [1.82, 2.24) is 0 Å². The molecule has 0 spiro atoms. The van der Waals surface area contributed by atoms with Gasteiger partial charge in [0.2, 0.25) is 6.43 Å². The molecule has 60 valence electrons. The first-order valence-corrected chi connectivity index (χ1v) is 3.57. The Morgan fingerprint density at radius 2 is 2.10 bits per heavy atom. The predicted molar refractivity (Wildman–Crippen MR) is 35.9 cm³/mol. The summed E-state index contributed by atoms with van der Waals surface area (Å²) in [5.74, 6) is 0.346. The van der Waals surface area contributed by atoms with Crippen LogP contribution >= 0.6 is 0 Å². The molecule has 0 atom stereocenters. The molecule has 0 bridgehead atoms. The highest BCUT2D eigenvalue weighted by Crippen LogP contribution is 2.48. The average molecular weight is 149 g/mol. The minimum Gasteiger partial charge on any atom is -0.330 e. The van der Waals surface area contributed by atoms with Crippen molar-refractivity contribution in [1.29, 1.82) is 0 Å². The quantitative estimate of drug-likeness (QED) is 0.634. The predicted octanol–water partition coefficient (Wildman–Crippen LogP) is 1.63. The van der Waals surface area contributed by atoms with Gasteiger partial charge in [-0.1, -0.05) is 6.92 Å². The number of rotatable bonds is 2. The van der Waals surface area contributed by atoms with Crippen molar-refractivity contribution in [2.24, 2.45) is 17.1 Å². The molecule has 1 aliphatic rings. The van der Waals surface area contributed by atoms with Gasteiger partial charge in [-0.05, 0) is 25.3 Å². The summed E-state index contributed by atoms with van der Waals surface area (Å²) in [7, 11) is 0. The van der Waals surface area contributed by atoms with Crippen LogP contribution in [0.3, 0.4) is 0 Å². The largest absolute Gasteiger partial charge is 0.330 e. The summed E-state index contributed by atoms with van der Waals surface area (Å²) in [6.45, 7) is 2.19. The van der Waals surface area contributed by atoms with Gasteiger partial charge in [-0.15, -0.1) is 0 Å². The lowest BCUT2D eigenvalue weighted by Gasteiger charge is -2.44. The molecule has 0 amide bonds. The molecule has 1 aliphatic carbocycles. The topological polar surface area (TPSA) is 26.0 Å². The molecule has 0 aromatic rings. The fraction of sp³-hybridized carbons (Fsp3) is 1.00. The van der Waals surface area contributed by atoms with Crippen LogP contribution in [0.15, 0.2) is 0 Å². The van der Waals surface area contributed by atoms with Crippen LogP contribution in [0.4, 0.5) is 8.78 Å². The van der Waals surface area contributed by atoms with Gasteiger partial charge in [-0.2, -0.15) is 0 Å². The number of halogens is 2. The third kappa shape index (κ3) is 1.15. The van der Waals surface area contributed by atoms with E-state index < -0.39 is 11.8 Å². The van der Waals surface area contributed by atoms with E-state index in [9.17, 15) is 8.78 Å². The third-order valence-corrected chi connectivity index (χ3v) is 2.37. The Bertz CT molecular complexity index is 119. The summed E-state index contributed by atoms with van der Waals surface area (Å²) in [5, 5.41) is 0. The number of hydrogen-bond acceptors (Lipinski definition) is 1. The zero-order chi connectivity index (χ0) is 7.78. The summed E-state index contributed by atoms with van der Waals surface area (Å²) < 4.78 is 24.3. The van der Waals surface area contributed by atoms with Crippen molar-refractivity contribution in [2.45, 2.75) is 26.2 Å². The summed E-state index contributed by atoms with van der Waals surface area (Å²) in [5.41, 5.74) is 4.59. The summed E-state index contributed by atoms with van der Waals surface area (Å²) in [6.07, 6.45) is -0.974. The van der Waals surface area contributed by atoms with E-state index >= 15 is 0 Å². The molecular weight excluding hydrogens is 136 g/mol. The first-order chi connectivity index (χ1) is 4.58. The van der Waals surface area contributed by atoms with E-state index in [1.165, 1.54) is 0 Å². The van der Waals surface area contributed by atoms with E-state index in [1.807, 2.05) is 0 Å². The molecule has 1 nitrogen and oxygen atoms in total. The minimum absolute atomic E-state index is 0.346. The zero-order valence-corrected chi connectivity index (χ0v) is 6.11. The Kier molecular flexibility index (Phi) is 1.95. The highest BCUT2D eigenvalue weighted by Gasteiger charge is 2.46. The van der Waals surface area contributed by atoms with Crippen LogP contribution in [-0.4, -0.2) is 13.0 Å². The molecular formula is C7H13F2N. The first kappa shape index (κ1) is 7.92. The molecule has 0 unspecified atom stereocenters. The Labute approximate surface area is 59.6 Å². The van der Waals surface area contributed by atoms with Gasteiger partial charge in [0.25, 0.3) is 0 Å². The SMILES string of the molecule is CC1(C(F)F)CC(CN)C1. The monoisotopic (exact) mass is 149 g/mol. The molecule has 0 aromatic heterocycles. The molecule has 0 heterocycles. The van der Waals surface area contributed by atoms with Crippen molar-refractivity contribution in [3.63, 3.8) is 0 Å². The molecule has 0 radical (unpaired) electrons. The van der Waals surface area contributed by atoms with Gasteiger partial charge >= 0.3 is 0 Å². The second-order valence-corrected chi connectivity index (χ2v) is 3.46. The maximum Gasteiger partial charge on any atom is 0.243 e. The summed E-state index contributed by atoms with van der Waals surface area (Å²) >= 11 is 0. The number of alkyl halides is 2. The molecule has 2 N–H and O–H groups in total. The Balaban J connectivity index is 2.34. The van der Waals surface area contributed by atoms with Crippen molar-refractivity contribution >= 4 is 0 Å². The van der Waals surface area contributed by atoms with Gasteiger partial charge in [-0.25, -0.2) is 8.78 Å². The number of hydrogen-bond donors (Lipinski definition) is 1. The van der Waals surface area contributed by atoms with Gasteiger partial charge in [-0.3, -0.25) is 0 Å². The summed E-state index contributed by atoms with van der Waals surface area (Å²) in [6, 6.07) is 0. The fourth-order valence-corrected chi connectivity index (χ4v) is 1.60. The highest BCUT2D eigenvalue weighted by atomic mass is 19.3. The smallest absolute Gasteiger partial charge is 0.243 e. The van der Waals surface area contributed by atoms with Crippen LogP contribution in [-0.2, 0) is 0 Å². The molecule has 1 fully saturated rings. The molecule has 10 heavy (non-hydrogen) atoms. The average Bonchev–Trinajstić information content (AvgIpc) is 1.80. The number of nitrogens with two attached hydrogens (primary N) is 1. The van der Waals surface area contributed by atoms with E-state index in [4.69, 9.17) is 5.73 Å². The van der Waals surface area contributed by atoms with Crippen molar-refractivity contribution in [3.05, 3.63) is 0 Å². The molecule has 1 rings (SSSR count). The highest BCUT2D eigenvalue weighted by molar-refractivity contribution is 4.92. The lowest BCUT2D eigenvalue weighted by atomic mass is 9.63. The van der Waals surface area contributed by atoms with Gasteiger partial charge in [0.1, 0.15) is 0 Å². The molecule has 0 saturated heterocycles. The van der Waals surface area contributed by atoms with Gasteiger partial charge in [0.05, 0.1) is 0 Å². The molecule has 3 heteroatoms. The van der Waals surface area contributed by atoms with E-state index in [1.54, 1.807) is 6.92 Å². The Morgan fingerprint density at radius 3 is 2.40 bits per heavy atom. The minimum atomic E-state index is -2.17. The van der Waals surface area contributed by atoms with Crippen LogP contribution < -0.4 is 5.73 Å². The molecule has 0 aromatic carbocycles. The van der Waals surface area contributed by atoms with Crippen molar-refractivity contribution in [2.75, 3.05) is 6.54 Å². The summed E-state index contributed by atoms with van der Waals surface area (Å²) in [4.78, 5) is 0. The lowest BCUT2D eigenvalue weighted by molar-refractivity contribution is -0.0760. The second kappa shape index (κ2) is 2.46. The standard InChI is InChI=1S/C7H13F2N/c1-7(6(8)9)2-5(3-7)4-10/h5-6H,2-4,10H2,1H3. The lowest BCUT2D eigenvalue weighted by Crippen LogP contribution is -2.43. The molecule has 1 saturated carbocycles. The van der Waals surface area contributed by atoms with Crippen LogP contribution in [0.5, 0.6) is 0 Å². The van der Waals surface area contributed by atoms with Crippen molar-refractivity contribution in [3.8, 4) is 0 Å². The fourth-order valence-electron chi connectivity index (χ4n) is 1.60.